The molecule has 0 bridgehead atoms. The van der Waals surface area contributed by atoms with Crippen molar-refractivity contribution in [2.75, 3.05) is 0 Å². The van der Waals surface area contributed by atoms with E-state index in [2.05, 4.69) is 158 Å². The van der Waals surface area contributed by atoms with Gasteiger partial charge >= 0.3 is 277 Å². The van der Waals surface area contributed by atoms with E-state index in [0.717, 1.165) is 6.42 Å². The number of rotatable bonds is 4. The summed E-state index contributed by atoms with van der Waals surface area (Å²) in [6, 6.07) is 28.2. The van der Waals surface area contributed by atoms with Gasteiger partial charge in [0.05, 0.1) is 0 Å². The number of halogens is 2. The van der Waals surface area contributed by atoms with E-state index in [1.807, 2.05) is 0 Å². The molecule has 0 saturated heterocycles. The average Bonchev–Trinajstić information content (AvgIpc) is 3.46. The summed E-state index contributed by atoms with van der Waals surface area (Å²) in [6.07, 6.45) is 3.72. The molecule has 4 heteroatoms. The predicted molar refractivity (Wildman–Crippen MR) is 194 cm³/mol. The first kappa shape index (κ1) is 37.0. The van der Waals surface area contributed by atoms with Gasteiger partial charge in [-0.1, -0.05) is 0 Å². The minimum Gasteiger partial charge on any atom is -1.00 e. The maximum absolute atomic E-state index is 2.83. The second-order valence-corrected chi connectivity index (χ2v) is 26.7. The van der Waals surface area contributed by atoms with Gasteiger partial charge in [0.2, 0.25) is 0 Å². The summed E-state index contributed by atoms with van der Waals surface area (Å²) in [5.74, 6) is 0.497. The number of allylic oxidation sites excluding steroid dienone is 4. The zero-order valence-electron chi connectivity index (χ0n) is 29.6. The van der Waals surface area contributed by atoms with Gasteiger partial charge in [-0.15, -0.1) is 0 Å². The topological polar surface area (TPSA) is 0 Å². The van der Waals surface area contributed by atoms with Gasteiger partial charge in [0, 0.05) is 0 Å². The zero-order valence-corrected chi connectivity index (χ0v) is 34.6. The van der Waals surface area contributed by atoms with Gasteiger partial charge in [0.25, 0.3) is 0 Å². The fourth-order valence-corrected chi connectivity index (χ4v) is 18.7. The van der Waals surface area contributed by atoms with E-state index in [0.29, 0.717) is 5.92 Å². The van der Waals surface area contributed by atoms with Gasteiger partial charge in [-0.2, -0.15) is 0 Å². The van der Waals surface area contributed by atoms with Crippen molar-refractivity contribution < 1.29 is 46.1 Å². The largest absolute Gasteiger partial charge is 1.00 e. The van der Waals surface area contributed by atoms with Crippen LogP contribution in [0.15, 0.2) is 92.9 Å². The molecule has 2 aliphatic carbocycles. The summed E-state index contributed by atoms with van der Waals surface area (Å²) in [5.41, 5.74) is 12.3. The Morgan fingerprint density at radius 2 is 1.43 bits per heavy atom. The molecule has 0 spiro atoms. The molecule has 0 aliphatic heterocycles. The first-order valence-corrected chi connectivity index (χ1v) is 23.9. The Morgan fingerprint density at radius 3 is 2.07 bits per heavy atom. The summed E-state index contributed by atoms with van der Waals surface area (Å²) >= 11 is -2.69. The van der Waals surface area contributed by atoms with E-state index in [4.69, 9.17) is 0 Å². The molecular weight excluding hydrogens is 695 g/mol. The van der Waals surface area contributed by atoms with Gasteiger partial charge in [-0.25, -0.2) is 0 Å². The van der Waals surface area contributed by atoms with E-state index in [1.165, 1.54) is 38.6 Å². The van der Waals surface area contributed by atoms with Crippen molar-refractivity contribution >= 4 is 25.8 Å². The fourth-order valence-electron chi connectivity index (χ4n) is 7.70. The van der Waals surface area contributed by atoms with Crippen LogP contribution in [0.5, 0.6) is 0 Å². The molecule has 46 heavy (non-hydrogen) atoms. The molecule has 0 aromatic heterocycles. The molecule has 4 aromatic carbocycles. The quantitative estimate of drug-likeness (QED) is 0.232. The molecule has 0 amide bonds. The maximum Gasteiger partial charge on any atom is -1.00 e. The molecule has 1 atom stereocenters. The Hall–Kier alpha value is -1.83. The van der Waals surface area contributed by atoms with Crippen molar-refractivity contribution in [1.82, 2.24) is 0 Å². The van der Waals surface area contributed by atoms with Crippen LogP contribution >= 0.6 is 0 Å². The molecule has 0 N–H and O–H groups in total. The molecule has 6 rings (SSSR count). The van der Waals surface area contributed by atoms with Crippen LogP contribution < -0.4 is 28.1 Å². The Labute approximate surface area is 299 Å². The third kappa shape index (κ3) is 6.72. The van der Waals surface area contributed by atoms with E-state index in [9.17, 15) is 0 Å². The third-order valence-electron chi connectivity index (χ3n) is 9.92. The van der Waals surface area contributed by atoms with Crippen LogP contribution in [-0.4, -0.2) is 11.8 Å². The SMILES string of the molecule is CC1=[C](/[Zr+2](=[CH]/c2cccc3ccccc23)[c]2c(C(C)(C)C)ccc3c2Cc2cc(C(C)(C)C)ccc2-3)C(C)C=C1[Si](C)(C)C.[Cl-].[Cl-]. The maximum atomic E-state index is 2.83. The molecule has 240 valence electrons. The summed E-state index contributed by atoms with van der Waals surface area (Å²) in [7, 11) is -1.48. The molecular formula is C42H50Cl2SiZr. The van der Waals surface area contributed by atoms with Crippen molar-refractivity contribution in [3.05, 3.63) is 121 Å². The number of hydrogen-bond acceptors (Lipinski definition) is 0. The molecule has 0 nitrogen and oxygen atoms in total. The van der Waals surface area contributed by atoms with Crippen molar-refractivity contribution in [3.8, 4) is 11.1 Å². The first-order valence-electron chi connectivity index (χ1n) is 16.5. The summed E-state index contributed by atoms with van der Waals surface area (Å²) in [4.78, 5) is 0. The van der Waals surface area contributed by atoms with Crippen LogP contribution in [0.3, 0.4) is 0 Å². The van der Waals surface area contributed by atoms with Crippen LogP contribution in [0.4, 0.5) is 0 Å². The number of benzene rings is 4. The molecule has 0 heterocycles. The zero-order chi connectivity index (χ0) is 31.8. The summed E-state index contributed by atoms with van der Waals surface area (Å²) < 4.78 is 6.36. The normalized spacial score (nSPS) is 16.2. The molecule has 1 unspecified atom stereocenters. The molecule has 0 saturated carbocycles. The monoisotopic (exact) mass is 742 g/mol. The Kier molecular flexibility index (Phi) is 10.6. The number of hydrogen-bond donors (Lipinski definition) is 0. The van der Waals surface area contributed by atoms with Gasteiger partial charge in [0.1, 0.15) is 0 Å². The van der Waals surface area contributed by atoms with Crippen molar-refractivity contribution in [1.29, 1.82) is 0 Å². The Morgan fingerprint density at radius 1 is 0.783 bits per heavy atom. The summed E-state index contributed by atoms with van der Waals surface area (Å²) in [5, 5.41) is 4.41. The molecule has 0 radical (unpaired) electrons. The minimum atomic E-state index is -2.69. The molecule has 2 aliphatic rings. The second-order valence-electron chi connectivity index (χ2n) is 16.3. The van der Waals surface area contributed by atoms with Crippen LogP contribution in [0.1, 0.15) is 83.2 Å². The Balaban J connectivity index is 0.00000240. The predicted octanol–water partition coefficient (Wildman–Crippen LogP) is 4.84. The molecule has 0 fully saturated rings. The van der Waals surface area contributed by atoms with Crippen molar-refractivity contribution in [2.24, 2.45) is 5.92 Å². The van der Waals surface area contributed by atoms with Gasteiger partial charge in [-0.3, -0.25) is 0 Å². The van der Waals surface area contributed by atoms with Crippen LogP contribution in [0.25, 0.3) is 21.9 Å². The third-order valence-corrected chi connectivity index (χ3v) is 19.7. The van der Waals surface area contributed by atoms with Crippen LogP contribution in [0, 0.1) is 5.92 Å². The molecule has 4 aromatic rings. The van der Waals surface area contributed by atoms with Crippen LogP contribution in [0.2, 0.25) is 19.6 Å². The van der Waals surface area contributed by atoms with Gasteiger partial charge in [-0.05, 0) is 0 Å². The van der Waals surface area contributed by atoms with E-state index in [1.54, 1.807) is 28.4 Å². The van der Waals surface area contributed by atoms with Gasteiger partial charge in [0.15, 0.2) is 0 Å². The smallest absolute Gasteiger partial charge is 1.00 e. The van der Waals surface area contributed by atoms with Crippen molar-refractivity contribution in [2.45, 2.75) is 92.3 Å². The fraction of sp³-hybridized carbons (Fsp3) is 0.357. The Bertz CT molecular complexity index is 1900. The average molecular weight is 745 g/mol. The van der Waals surface area contributed by atoms with Gasteiger partial charge < -0.3 is 24.8 Å². The second kappa shape index (κ2) is 13.2. The van der Waals surface area contributed by atoms with Crippen molar-refractivity contribution in [3.63, 3.8) is 0 Å². The minimum absolute atomic E-state index is 0. The van der Waals surface area contributed by atoms with E-state index in [-0.39, 0.29) is 35.6 Å². The van der Waals surface area contributed by atoms with E-state index >= 15 is 0 Å². The standard InChI is InChI=1S/C21H25.C11H8.C10H17Si.2ClH.Zr/c1-20(2,3)16-7-9-18-14(12-16)11-15-13-17(21(4,5)6)8-10-19(15)18;1-9-5-4-7-10-6-2-3-8-11(9)10;1-8-6-9(2)10(7-8)11(3,4)5;;;/h7-10,12H,11H2,1-6H3;1-8H;7-8H,1-5H3;2*1H;/q;;;;;+2/p-2. The van der Waals surface area contributed by atoms with Crippen LogP contribution in [-0.2, 0) is 38.5 Å². The first-order chi connectivity index (χ1) is 20.6. The number of fused-ring (bicyclic) bond motifs is 4. The van der Waals surface area contributed by atoms with E-state index < -0.39 is 29.3 Å². The summed E-state index contributed by atoms with van der Waals surface area (Å²) in [6.45, 7) is 26.9.